The molecule has 0 fully saturated rings. The molecule has 1 aromatic rings. The monoisotopic (exact) mass is 272 g/mol. The predicted octanol–water partition coefficient (Wildman–Crippen LogP) is 1.77. The van der Waals surface area contributed by atoms with Gasteiger partial charge in [0, 0.05) is 13.1 Å². The molecule has 0 saturated heterocycles. The number of hydrogen-bond acceptors (Lipinski definition) is 2. The van der Waals surface area contributed by atoms with Crippen molar-refractivity contribution in [3.63, 3.8) is 0 Å². The third-order valence-corrected chi connectivity index (χ3v) is 3.11. The van der Waals surface area contributed by atoms with E-state index in [1.165, 1.54) is 0 Å². The smallest absolute Gasteiger partial charge is 0.354 e. The van der Waals surface area contributed by atoms with Crippen LogP contribution in [0.1, 0.15) is 17.5 Å². The zero-order valence-electron chi connectivity index (χ0n) is 10.3. The molecule has 1 heterocycles. The average molecular weight is 272 g/mol. The van der Waals surface area contributed by atoms with Crippen molar-refractivity contribution in [2.45, 2.75) is 31.6 Å². The van der Waals surface area contributed by atoms with Crippen LogP contribution in [-0.2, 0) is 17.8 Å². The summed E-state index contributed by atoms with van der Waals surface area (Å²) in [5.74, 6) is -0.376. The second-order valence-electron chi connectivity index (χ2n) is 4.56. The van der Waals surface area contributed by atoms with Crippen molar-refractivity contribution in [1.29, 1.82) is 0 Å². The first kappa shape index (κ1) is 13.9. The number of nitrogens with one attached hydrogen (secondary N) is 2. The molecule has 0 aliphatic carbocycles. The maximum atomic E-state index is 12.0. The van der Waals surface area contributed by atoms with Gasteiger partial charge >= 0.3 is 6.18 Å². The van der Waals surface area contributed by atoms with E-state index in [0.29, 0.717) is 13.0 Å². The summed E-state index contributed by atoms with van der Waals surface area (Å²) < 4.78 is 35.9. The van der Waals surface area contributed by atoms with Gasteiger partial charge in [0.2, 0.25) is 5.91 Å². The third kappa shape index (κ3) is 3.96. The molecular formula is C13H15F3N2O. The lowest BCUT2D eigenvalue weighted by atomic mass is 9.95. The summed E-state index contributed by atoms with van der Waals surface area (Å²) in [5, 5.41) is 5.35. The Bertz CT molecular complexity index is 459. The van der Waals surface area contributed by atoms with Gasteiger partial charge < -0.3 is 10.6 Å². The summed E-state index contributed by atoms with van der Waals surface area (Å²) >= 11 is 0. The van der Waals surface area contributed by atoms with E-state index in [0.717, 1.165) is 11.1 Å². The first-order valence-corrected chi connectivity index (χ1v) is 6.10. The largest absolute Gasteiger partial charge is 0.390 e. The van der Waals surface area contributed by atoms with Crippen LogP contribution in [-0.4, -0.2) is 24.7 Å². The second-order valence-corrected chi connectivity index (χ2v) is 4.56. The molecule has 19 heavy (non-hydrogen) atoms. The molecule has 1 aromatic carbocycles. The van der Waals surface area contributed by atoms with Gasteiger partial charge in [-0.3, -0.25) is 4.79 Å². The minimum absolute atomic E-state index is 0.373. The van der Waals surface area contributed by atoms with Crippen molar-refractivity contribution in [3.05, 3.63) is 35.4 Å². The highest BCUT2D eigenvalue weighted by atomic mass is 19.4. The molecule has 0 spiro atoms. The van der Waals surface area contributed by atoms with Crippen molar-refractivity contribution in [2.24, 2.45) is 0 Å². The number of carbonyl (C=O) groups is 1. The Labute approximate surface area is 109 Å². The number of halogens is 3. The van der Waals surface area contributed by atoms with Gasteiger partial charge in [-0.1, -0.05) is 24.3 Å². The van der Waals surface area contributed by atoms with Crippen molar-refractivity contribution in [3.8, 4) is 0 Å². The number of fused-ring (bicyclic) bond motifs is 1. The molecule has 1 atom stereocenters. The van der Waals surface area contributed by atoms with E-state index in [9.17, 15) is 18.0 Å². The van der Waals surface area contributed by atoms with Crippen LogP contribution in [0.15, 0.2) is 24.3 Å². The van der Waals surface area contributed by atoms with E-state index in [-0.39, 0.29) is 12.5 Å². The van der Waals surface area contributed by atoms with Gasteiger partial charge in [-0.25, -0.2) is 0 Å². The van der Waals surface area contributed by atoms with Crippen LogP contribution in [0.5, 0.6) is 0 Å². The van der Waals surface area contributed by atoms with Crippen molar-refractivity contribution < 1.29 is 18.0 Å². The van der Waals surface area contributed by atoms with E-state index >= 15 is 0 Å². The number of carbonyl (C=O) groups excluding carboxylic acids is 1. The predicted molar refractivity (Wildman–Crippen MR) is 64.5 cm³/mol. The van der Waals surface area contributed by atoms with Crippen molar-refractivity contribution in [2.75, 3.05) is 6.54 Å². The number of alkyl halides is 3. The van der Waals surface area contributed by atoms with Crippen molar-refractivity contribution in [1.82, 2.24) is 10.6 Å². The standard InChI is InChI=1S/C13H15F3N2O/c14-13(15,16)5-6-17-12(19)11-7-9-3-1-2-4-10(9)8-18-11/h1-4,11,18H,5-8H2,(H,17,19)/t11-/m0/s1. The lowest BCUT2D eigenvalue weighted by Gasteiger charge is -2.25. The zero-order valence-corrected chi connectivity index (χ0v) is 10.3. The molecule has 0 radical (unpaired) electrons. The second kappa shape index (κ2) is 5.61. The SMILES string of the molecule is O=C(NCCC(F)(F)F)[C@@H]1Cc2ccccc2CN1. The molecular weight excluding hydrogens is 257 g/mol. The Morgan fingerprint density at radius 2 is 2.00 bits per heavy atom. The highest BCUT2D eigenvalue weighted by Crippen LogP contribution is 2.19. The molecule has 1 aliphatic rings. The van der Waals surface area contributed by atoms with Crippen LogP contribution in [0.3, 0.4) is 0 Å². The van der Waals surface area contributed by atoms with E-state index < -0.39 is 18.6 Å². The van der Waals surface area contributed by atoms with Gasteiger partial charge in [0.05, 0.1) is 12.5 Å². The fourth-order valence-corrected chi connectivity index (χ4v) is 2.09. The van der Waals surface area contributed by atoms with E-state index in [1.807, 2.05) is 24.3 Å². The maximum absolute atomic E-state index is 12.0. The molecule has 0 bridgehead atoms. The molecule has 3 nitrogen and oxygen atoms in total. The highest BCUT2D eigenvalue weighted by molar-refractivity contribution is 5.82. The topological polar surface area (TPSA) is 41.1 Å². The summed E-state index contributed by atoms with van der Waals surface area (Å²) in [6, 6.07) is 7.27. The molecule has 0 aromatic heterocycles. The van der Waals surface area contributed by atoms with E-state index in [2.05, 4.69) is 10.6 Å². The Kier molecular flexibility index (Phi) is 4.09. The van der Waals surface area contributed by atoms with E-state index in [1.54, 1.807) is 0 Å². The highest BCUT2D eigenvalue weighted by Gasteiger charge is 2.28. The van der Waals surface area contributed by atoms with Crippen LogP contribution in [0.2, 0.25) is 0 Å². The minimum Gasteiger partial charge on any atom is -0.354 e. The zero-order chi connectivity index (χ0) is 13.9. The summed E-state index contributed by atoms with van der Waals surface area (Å²) in [7, 11) is 0. The molecule has 0 saturated carbocycles. The maximum Gasteiger partial charge on any atom is 0.390 e. The number of benzene rings is 1. The van der Waals surface area contributed by atoms with Crippen LogP contribution in [0, 0.1) is 0 Å². The van der Waals surface area contributed by atoms with Gasteiger partial charge in [-0.05, 0) is 17.5 Å². The minimum atomic E-state index is -4.24. The van der Waals surface area contributed by atoms with E-state index in [4.69, 9.17) is 0 Å². The first-order valence-electron chi connectivity index (χ1n) is 6.10. The number of amides is 1. The third-order valence-electron chi connectivity index (χ3n) is 3.11. The van der Waals surface area contributed by atoms with Crippen LogP contribution in [0.25, 0.3) is 0 Å². The molecule has 1 aliphatic heterocycles. The summed E-state index contributed by atoms with van der Waals surface area (Å²) in [6.45, 7) is 0.190. The molecule has 1 amide bonds. The Morgan fingerprint density at radius 3 is 2.68 bits per heavy atom. The molecule has 0 unspecified atom stereocenters. The Hall–Kier alpha value is -1.56. The number of rotatable bonds is 3. The average Bonchev–Trinajstić information content (AvgIpc) is 2.36. The van der Waals surface area contributed by atoms with Crippen molar-refractivity contribution >= 4 is 5.91 Å². The fraction of sp³-hybridized carbons (Fsp3) is 0.462. The molecule has 104 valence electrons. The first-order chi connectivity index (χ1) is 8.96. The Balaban J connectivity index is 1.85. The molecule has 2 rings (SSSR count). The van der Waals surface area contributed by atoms with Gasteiger partial charge in [0.15, 0.2) is 0 Å². The van der Waals surface area contributed by atoms with Crippen LogP contribution >= 0.6 is 0 Å². The van der Waals surface area contributed by atoms with Gasteiger partial charge in [-0.2, -0.15) is 13.2 Å². The fourth-order valence-electron chi connectivity index (χ4n) is 2.09. The normalized spacial score (nSPS) is 18.8. The molecule has 6 heteroatoms. The number of hydrogen-bond donors (Lipinski definition) is 2. The lowest BCUT2D eigenvalue weighted by molar-refractivity contribution is -0.136. The van der Waals surface area contributed by atoms with Crippen LogP contribution < -0.4 is 10.6 Å². The summed E-state index contributed by atoms with van der Waals surface area (Å²) in [5.41, 5.74) is 2.19. The molecule has 2 N–H and O–H groups in total. The lowest BCUT2D eigenvalue weighted by Crippen LogP contribution is -2.48. The summed E-state index contributed by atoms with van der Waals surface area (Å²) in [6.07, 6.45) is -4.73. The van der Waals surface area contributed by atoms with Gasteiger partial charge in [-0.15, -0.1) is 0 Å². The Morgan fingerprint density at radius 1 is 1.32 bits per heavy atom. The summed E-state index contributed by atoms with van der Waals surface area (Å²) in [4.78, 5) is 11.8. The van der Waals surface area contributed by atoms with Crippen LogP contribution in [0.4, 0.5) is 13.2 Å². The quantitative estimate of drug-likeness (QED) is 0.880. The van der Waals surface area contributed by atoms with Gasteiger partial charge in [0.1, 0.15) is 0 Å². The van der Waals surface area contributed by atoms with Gasteiger partial charge in [0.25, 0.3) is 0 Å².